The van der Waals surface area contributed by atoms with Gasteiger partial charge in [-0.25, -0.2) is 4.98 Å². The number of nitrogens with zero attached hydrogens (tertiary/aromatic N) is 1. The summed E-state index contributed by atoms with van der Waals surface area (Å²) in [6, 6.07) is 14.3. The molecule has 0 unspecified atom stereocenters. The van der Waals surface area contributed by atoms with Crippen LogP contribution in [0, 0.1) is 23.2 Å². The molecule has 5 heteroatoms. The molecule has 7 rings (SSSR count). The van der Waals surface area contributed by atoms with E-state index in [0.717, 1.165) is 75.8 Å². The number of H-pyrrole nitrogens is 1. The summed E-state index contributed by atoms with van der Waals surface area (Å²) in [5, 5.41) is 0.899. The summed E-state index contributed by atoms with van der Waals surface area (Å²) in [5.74, 6) is 4.33. The Kier molecular flexibility index (Phi) is 5.33. The number of rotatable bonds is 7. The normalized spacial score (nSPS) is 28.1. The first kappa shape index (κ1) is 21.0. The minimum Gasteiger partial charge on any atom is -0.496 e. The van der Waals surface area contributed by atoms with E-state index in [9.17, 15) is 4.79 Å². The number of imidazole rings is 1. The minimum absolute atomic E-state index is 0.0717. The molecule has 4 saturated carbocycles. The molecule has 170 valence electrons. The van der Waals surface area contributed by atoms with E-state index in [2.05, 4.69) is 16.0 Å². The van der Waals surface area contributed by atoms with Crippen molar-refractivity contribution in [2.75, 3.05) is 7.11 Å². The highest BCUT2D eigenvalue weighted by Gasteiger charge is 2.53. The van der Waals surface area contributed by atoms with E-state index in [-0.39, 0.29) is 5.41 Å². The summed E-state index contributed by atoms with van der Waals surface area (Å²) in [4.78, 5) is 21.4. The number of carbonyl (C=O) groups excluding carboxylic acids is 1. The largest absolute Gasteiger partial charge is 0.496 e. The van der Waals surface area contributed by atoms with Crippen LogP contribution < -0.4 is 4.74 Å². The van der Waals surface area contributed by atoms with Gasteiger partial charge in [0.2, 0.25) is 0 Å². The van der Waals surface area contributed by atoms with Crippen molar-refractivity contribution < 1.29 is 9.53 Å². The maximum atomic E-state index is 13.3. The van der Waals surface area contributed by atoms with Gasteiger partial charge in [0.25, 0.3) is 0 Å². The SMILES string of the molecule is COc1ccc(C=CC(=O)C23CC4CC(CC(C4)C2)C3)cc1CSc1nc2ccccc2[nH]1. The third-order valence-corrected chi connectivity index (χ3v) is 8.95. The Labute approximate surface area is 199 Å². The highest BCUT2D eigenvalue weighted by molar-refractivity contribution is 7.98. The number of ether oxygens (including phenoxy) is 1. The van der Waals surface area contributed by atoms with Gasteiger partial charge < -0.3 is 9.72 Å². The van der Waals surface area contributed by atoms with Crippen LogP contribution in [0.15, 0.2) is 53.7 Å². The van der Waals surface area contributed by atoms with Gasteiger partial charge in [-0.15, -0.1) is 0 Å². The summed E-state index contributed by atoms with van der Waals surface area (Å²) < 4.78 is 5.60. The highest BCUT2D eigenvalue weighted by atomic mass is 32.2. The number of hydrogen-bond acceptors (Lipinski definition) is 4. The maximum Gasteiger partial charge on any atom is 0.166 e. The third-order valence-electron chi connectivity index (χ3n) is 8.02. The van der Waals surface area contributed by atoms with Gasteiger partial charge >= 0.3 is 0 Å². The zero-order valence-electron chi connectivity index (χ0n) is 19.0. The Morgan fingerprint density at radius 1 is 1.12 bits per heavy atom. The van der Waals surface area contributed by atoms with E-state index < -0.39 is 0 Å². The molecule has 0 atom stereocenters. The molecule has 1 heterocycles. The number of thioether (sulfide) groups is 1. The molecule has 1 N–H and O–H groups in total. The van der Waals surface area contributed by atoms with E-state index in [1.807, 2.05) is 48.6 Å². The Bertz CT molecular complexity index is 1160. The van der Waals surface area contributed by atoms with Crippen molar-refractivity contribution in [2.45, 2.75) is 49.4 Å². The van der Waals surface area contributed by atoms with Gasteiger partial charge in [0, 0.05) is 16.7 Å². The fraction of sp³-hybridized carbons (Fsp3) is 0.429. The van der Waals surface area contributed by atoms with Crippen molar-refractivity contribution in [1.29, 1.82) is 0 Å². The zero-order valence-corrected chi connectivity index (χ0v) is 19.9. The average molecular weight is 459 g/mol. The molecule has 0 amide bonds. The molecule has 2 aromatic carbocycles. The third kappa shape index (κ3) is 4.01. The molecule has 33 heavy (non-hydrogen) atoms. The van der Waals surface area contributed by atoms with Crippen molar-refractivity contribution in [3.63, 3.8) is 0 Å². The topological polar surface area (TPSA) is 55.0 Å². The van der Waals surface area contributed by atoms with Crippen molar-refractivity contribution in [3.05, 3.63) is 59.7 Å². The second-order valence-electron chi connectivity index (χ2n) is 10.3. The second kappa shape index (κ2) is 8.35. The number of carbonyl (C=O) groups is 1. The predicted molar refractivity (Wildman–Crippen MR) is 133 cm³/mol. The molecule has 4 nitrogen and oxygen atoms in total. The number of benzene rings is 2. The van der Waals surface area contributed by atoms with Gasteiger partial charge in [-0.1, -0.05) is 36.0 Å². The fourth-order valence-electron chi connectivity index (χ4n) is 6.92. The van der Waals surface area contributed by atoms with Crippen LogP contribution in [0.1, 0.15) is 49.7 Å². The van der Waals surface area contributed by atoms with Crippen LogP contribution in [0.2, 0.25) is 0 Å². The number of aromatic nitrogens is 2. The summed E-state index contributed by atoms with van der Waals surface area (Å²) in [7, 11) is 1.71. The van der Waals surface area contributed by atoms with Gasteiger partial charge in [-0.2, -0.15) is 0 Å². The molecule has 0 radical (unpaired) electrons. The van der Waals surface area contributed by atoms with Gasteiger partial charge in [-0.05, 0) is 92.2 Å². The molecule has 0 spiro atoms. The highest BCUT2D eigenvalue weighted by Crippen LogP contribution is 2.60. The Hall–Kier alpha value is -2.53. The van der Waals surface area contributed by atoms with Crippen LogP contribution in [0.3, 0.4) is 0 Å². The molecule has 0 aliphatic heterocycles. The monoisotopic (exact) mass is 458 g/mol. The standard InChI is InChI=1S/C28H30N2O2S/c1-32-25-8-6-18(13-22(25)17-33-27-29-23-4-2-3-5-24(23)30-27)7-9-26(31)28-14-19-10-20(15-28)12-21(11-19)16-28/h2-9,13,19-21H,10-12,14-17H2,1H3,(H,29,30). The number of allylic oxidation sites excluding steroid dienone is 1. The average Bonchev–Trinajstić information content (AvgIpc) is 3.23. The van der Waals surface area contributed by atoms with Crippen LogP contribution in [0.25, 0.3) is 17.1 Å². The van der Waals surface area contributed by atoms with Crippen LogP contribution in [0.4, 0.5) is 0 Å². The van der Waals surface area contributed by atoms with Crippen LogP contribution in [-0.4, -0.2) is 22.9 Å². The smallest absolute Gasteiger partial charge is 0.166 e. The molecule has 4 bridgehead atoms. The number of ketones is 1. The van der Waals surface area contributed by atoms with Crippen molar-refractivity contribution >= 4 is 34.7 Å². The lowest BCUT2D eigenvalue weighted by molar-refractivity contribution is -0.138. The van der Waals surface area contributed by atoms with E-state index in [4.69, 9.17) is 4.74 Å². The minimum atomic E-state index is -0.0717. The second-order valence-corrected chi connectivity index (χ2v) is 11.3. The summed E-state index contributed by atoms with van der Waals surface area (Å²) in [6.07, 6.45) is 11.3. The summed E-state index contributed by atoms with van der Waals surface area (Å²) in [5.41, 5.74) is 4.11. The van der Waals surface area contributed by atoms with Gasteiger partial charge in [0.1, 0.15) is 5.75 Å². The van der Waals surface area contributed by atoms with Crippen molar-refractivity contribution in [1.82, 2.24) is 9.97 Å². The van der Waals surface area contributed by atoms with Crippen LogP contribution in [0.5, 0.6) is 5.75 Å². The summed E-state index contributed by atoms with van der Waals surface area (Å²) >= 11 is 1.66. The number of aromatic amines is 1. The molecule has 0 saturated heterocycles. The van der Waals surface area contributed by atoms with E-state index >= 15 is 0 Å². The fourth-order valence-corrected chi connectivity index (χ4v) is 7.78. The molecule has 4 aliphatic rings. The van der Waals surface area contributed by atoms with Crippen molar-refractivity contribution in [3.8, 4) is 5.75 Å². The first-order valence-electron chi connectivity index (χ1n) is 12.1. The number of hydrogen-bond donors (Lipinski definition) is 1. The van der Waals surface area contributed by atoms with Crippen LogP contribution in [-0.2, 0) is 10.5 Å². The molecule has 1 aromatic heterocycles. The van der Waals surface area contributed by atoms with E-state index in [1.165, 1.54) is 19.3 Å². The first-order valence-corrected chi connectivity index (χ1v) is 13.1. The number of para-hydroxylation sites is 2. The van der Waals surface area contributed by atoms with E-state index in [1.54, 1.807) is 18.9 Å². The lowest BCUT2D eigenvalue weighted by Gasteiger charge is -2.55. The van der Waals surface area contributed by atoms with Gasteiger partial charge in [0.15, 0.2) is 10.9 Å². The van der Waals surface area contributed by atoms with E-state index in [0.29, 0.717) is 5.78 Å². The van der Waals surface area contributed by atoms with Crippen molar-refractivity contribution in [2.24, 2.45) is 23.2 Å². The predicted octanol–water partition coefficient (Wildman–Crippen LogP) is 6.66. The number of nitrogens with one attached hydrogen (secondary N) is 1. The van der Waals surface area contributed by atoms with Gasteiger partial charge in [0.05, 0.1) is 18.1 Å². The Morgan fingerprint density at radius 2 is 1.85 bits per heavy atom. The maximum absolute atomic E-state index is 13.3. The number of fused-ring (bicyclic) bond motifs is 1. The Balaban J connectivity index is 1.18. The Morgan fingerprint density at radius 3 is 2.55 bits per heavy atom. The molecule has 3 aromatic rings. The lowest BCUT2D eigenvalue weighted by atomic mass is 9.48. The summed E-state index contributed by atoms with van der Waals surface area (Å²) in [6.45, 7) is 0. The number of methoxy groups -OCH3 is 1. The first-order chi connectivity index (χ1) is 16.1. The van der Waals surface area contributed by atoms with Crippen LogP contribution >= 0.6 is 11.8 Å². The lowest BCUT2D eigenvalue weighted by Crippen LogP contribution is -2.49. The van der Waals surface area contributed by atoms with Gasteiger partial charge in [-0.3, -0.25) is 4.79 Å². The molecular formula is C28H30N2O2S. The molecule has 4 aliphatic carbocycles. The quantitative estimate of drug-likeness (QED) is 0.318. The molecule has 4 fully saturated rings. The zero-order chi connectivity index (χ0) is 22.4. The molecular weight excluding hydrogens is 428 g/mol.